The molecular formula is C28H27N3O5. The van der Waals surface area contributed by atoms with Gasteiger partial charge in [0.05, 0.1) is 18.4 Å². The van der Waals surface area contributed by atoms with Gasteiger partial charge in [-0.2, -0.15) is 5.10 Å². The first-order valence-electron chi connectivity index (χ1n) is 11.7. The van der Waals surface area contributed by atoms with Gasteiger partial charge in [0.25, 0.3) is 5.91 Å². The van der Waals surface area contributed by atoms with E-state index in [9.17, 15) is 14.4 Å². The second-order valence-electron chi connectivity index (χ2n) is 8.37. The van der Waals surface area contributed by atoms with E-state index in [0.29, 0.717) is 30.0 Å². The van der Waals surface area contributed by atoms with Crippen LogP contribution in [0.5, 0.6) is 11.5 Å². The lowest BCUT2D eigenvalue weighted by Gasteiger charge is -2.15. The van der Waals surface area contributed by atoms with E-state index >= 15 is 0 Å². The van der Waals surface area contributed by atoms with Gasteiger partial charge in [0.1, 0.15) is 5.92 Å². The van der Waals surface area contributed by atoms with Gasteiger partial charge < -0.3 is 14.8 Å². The largest absolute Gasteiger partial charge is 0.490 e. The summed E-state index contributed by atoms with van der Waals surface area (Å²) < 4.78 is 11.2. The lowest BCUT2D eigenvalue weighted by molar-refractivity contribution is -0.133. The van der Waals surface area contributed by atoms with Crippen LogP contribution in [0.2, 0.25) is 0 Å². The first-order chi connectivity index (χ1) is 17.5. The molecule has 0 spiro atoms. The minimum atomic E-state index is -0.868. The van der Waals surface area contributed by atoms with Crippen LogP contribution in [-0.2, 0) is 9.59 Å². The molecule has 2 atom stereocenters. The Hall–Kier alpha value is -4.46. The van der Waals surface area contributed by atoms with Gasteiger partial charge in [-0.05, 0) is 55.3 Å². The number of hydrogen-bond donors (Lipinski definition) is 2. The van der Waals surface area contributed by atoms with Gasteiger partial charge in [-0.3, -0.25) is 9.59 Å². The molecule has 0 aromatic heterocycles. The second-order valence-corrected chi connectivity index (χ2v) is 8.37. The number of aryl methyl sites for hydroxylation is 1. The highest BCUT2D eigenvalue weighted by Crippen LogP contribution is 2.30. The van der Waals surface area contributed by atoms with Crippen LogP contribution in [0, 0.1) is 12.8 Å². The number of nitrogens with one attached hydrogen (secondary N) is 2. The molecule has 3 aromatic carbocycles. The van der Waals surface area contributed by atoms with E-state index in [-0.39, 0.29) is 17.6 Å². The smallest absolute Gasteiger partial charge is 0.343 e. The van der Waals surface area contributed by atoms with Crippen molar-refractivity contribution in [3.8, 4) is 11.5 Å². The molecule has 2 amide bonds. The van der Waals surface area contributed by atoms with E-state index in [1.54, 1.807) is 30.3 Å². The molecular weight excluding hydrogens is 458 g/mol. The van der Waals surface area contributed by atoms with Crippen LogP contribution < -0.4 is 20.2 Å². The van der Waals surface area contributed by atoms with Gasteiger partial charge in [-0.1, -0.05) is 48.0 Å². The standard InChI is InChI=1S/C28H27N3O5/c1-3-35-24-15-19(11-14-23(24)36-28(34)21-12-9-18(2)10-13-21)16-30-31-27(33)25-22(17-29-26(25)32)20-7-5-4-6-8-20/h4-16,22,25H,3,17H2,1-2H3,(H,29,32)(H,31,33)/b30-16+/t22-,25+/m0/s1. The van der Waals surface area contributed by atoms with Crippen molar-refractivity contribution in [2.24, 2.45) is 11.0 Å². The number of benzene rings is 3. The summed E-state index contributed by atoms with van der Waals surface area (Å²) in [5, 5.41) is 6.78. The molecule has 1 fully saturated rings. The number of rotatable bonds is 8. The lowest BCUT2D eigenvalue weighted by Crippen LogP contribution is -2.34. The fourth-order valence-electron chi connectivity index (χ4n) is 3.98. The molecule has 184 valence electrons. The van der Waals surface area contributed by atoms with E-state index in [1.807, 2.05) is 56.3 Å². The van der Waals surface area contributed by atoms with Crippen LogP contribution in [0.25, 0.3) is 0 Å². The number of esters is 1. The van der Waals surface area contributed by atoms with Crippen LogP contribution in [0.1, 0.15) is 39.9 Å². The van der Waals surface area contributed by atoms with E-state index < -0.39 is 17.8 Å². The zero-order valence-corrected chi connectivity index (χ0v) is 20.1. The van der Waals surface area contributed by atoms with Crippen molar-refractivity contribution in [1.29, 1.82) is 0 Å². The van der Waals surface area contributed by atoms with Gasteiger partial charge in [-0.25, -0.2) is 10.2 Å². The first kappa shape index (κ1) is 24.7. The van der Waals surface area contributed by atoms with Crippen molar-refractivity contribution < 1.29 is 23.9 Å². The lowest BCUT2D eigenvalue weighted by atomic mass is 9.88. The molecule has 36 heavy (non-hydrogen) atoms. The Morgan fingerprint density at radius 2 is 1.81 bits per heavy atom. The highest BCUT2D eigenvalue weighted by atomic mass is 16.6. The number of carbonyl (C=O) groups excluding carboxylic acids is 3. The van der Waals surface area contributed by atoms with Crippen molar-refractivity contribution in [2.75, 3.05) is 13.2 Å². The Bertz CT molecular complexity index is 1270. The summed E-state index contributed by atoms with van der Waals surface area (Å²) in [5.41, 5.74) is 5.47. The molecule has 1 aliphatic heterocycles. The van der Waals surface area contributed by atoms with Crippen molar-refractivity contribution in [3.63, 3.8) is 0 Å². The fraction of sp³-hybridized carbons (Fsp3) is 0.214. The molecule has 0 radical (unpaired) electrons. The number of hydrogen-bond acceptors (Lipinski definition) is 6. The zero-order valence-electron chi connectivity index (χ0n) is 20.1. The summed E-state index contributed by atoms with van der Waals surface area (Å²) in [5.74, 6) is -1.79. The van der Waals surface area contributed by atoms with E-state index in [0.717, 1.165) is 11.1 Å². The predicted octanol–water partition coefficient (Wildman–Crippen LogP) is 3.59. The number of nitrogens with zero attached hydrogens (tertiary/aromatic N) is 1. The third-order valence-electron chi connectivity index (χ3n) is 5.84. The van der Waals surface area contributed by atoms with Crippen LogP contribution in [0.3, 0.4) is 0 Å². The minimum Gasteiger partial charge on any atom is -0.490 e. The van der Waals surface area contributed by atoms with Crippen LogP contribution in [0.4, 0.5) is 0 Å². The maximum Gasteiger partial charge on any atom is 0.343 e. The molecule has 1 aliphatic rings. The van der Waals surface area contributed by atoms with Gasteiger partial charge in [0.2, 0.25) is 5.91 Å². The summed E-state index contributed by atoms with van der Waals surface area (Å²) in [6, 6.07) is 21.5. The Balaban J connectivity index is 1.43. The maximum absolute atomic E-state index is 12.8. The molecule has 0 bridgehead atoms. The topological polar surface area (TPSA) is 106 Å². The molecule has 1 saturated heterocycles. The molecule has 3 aromatic rings. The SMILES string of the molecule is CCOc1cc(/C=N/NC(=O)[C@H]2C(=O)NC[C@H]2c2ccccc2)ccc1OC(=O)c1ccc(C)cc1. The van der Waals surface area contributed by atoms with Crippen molar-refractivity contribution >= 4 is 24.0 Å². The quantitative estimate of drug-likeness (QED) is 0.167. The highest BCUT2D eigenvalue weighted by Gasteiger charge is 2.40. The Labute approximate surface area is 209 Å². The summed E-state index contributed by atoms with van der Waals surface area (Å²) >= 11 is 0. The fourth-order valence-corrected chi connectivity index (χ4v) is 3.98. The van der Waals surface area contributed by atoms with Crippen LogP contribution in [-0.4, -0.2) is 37.1 Å². The third-order valence-corrected chi connectivity index (χ3v) is 5.84. The number of ether oxygens (including phenoxy) is 2. The average molecular weight is 486 g/mol. The van der Waals surface area contributed by atoms with E-state index in [2.05, 4.69) is 15.8 Å². The average Bonchev–Trinajstić information content (AvgIpc) is 3.28. The summed E-state index contributed by atoms with van der Waals surface area (Å²) in [6.45, 7) is 4.52. The first-order valence-corrected chi connectivity index (χ1v) is 11.7. The van der Waals surface area contributed by atoms with Crippen LogP contribution >= 0.6 is 0 Å². The molecule has 0 aliphatic carbocycles. The molecule has 0 unspecified atom stereocenters. The monoisotopic (exact) mass is 485 g/mol. The third kappa shape index (κ3) is 5.78. The maximum atomic E-state index is 12.8. The zero-order chi connectivity index (χ0) is 25.5. The molecule has 2 N–H and O–H groups in total. The van der Waals surface area contributed by atoms with Gasteiger partial charge >= 0.3 is 5.97 Å². The number of hydrazone groups is 1. The normalized spacial score (nSPS) is 17.0. The van der Waals surface area contributed by atoms with Gasteiger partial charge in [0, 0.05) is 12.5 Å². The number of carbonyl (C=O) groups is 3. The molecule has 0 saturated carbocycles. The van der Waals surface area contributed by atoms with Crippen molar-refractivity contribution in [3.05, 3.63) is 95.1 Å². The highest BCUT2D eigenvalue weighted by molar-refractivity contribution is 6.03. The molecule has 8 nitrogen and oxygen atoms in total. The van der Waals surface area contributed by atoms with E-state index in [1.165, 1.54) is 6.21 Å². The Morgan fingerprint density at radius 1 is 1.06 bits per heavy atom. The van der Waals surface area contributed by atoms with E-state index in [4.69, 9.17) is 9.47 Å². The molecule has 4 rings (SSSR count). The second kappa shape index (κ2) is 11.3. The molecule has 1 heterocycles. The Kier molecular flexibility index (Phi) is 7.75. The minimum absolute atomic E-state index is 0.263. The van der Waals surface area contributed by atoms with Crippen LogP contribution in [0.15, 0.2) is 77.9 Å². The van der Waals surface area contributed by atoms with Gasteiger partial charge in [0.15, 0.2) is 11.5 Å². The number of amides is 2. The Morgan fingerprint density at radius 3 is 2.53 bits per heavy atom. The molecule has 8 heteroatoms. The van der Waals surface area contributed by atoms with Gasteiger partial charge in [-0.15, -0.1) is 0 Å². The summed E-state index contributed by atoms with van der Waals surface area (Å²) in [6.07, 6.45) is 1.44. The summed E-state index contributed by atoms with van der Waals surface area (Å²) in [4.78, 5) is 37.6. The van der Waals surface area contributed by atoms with Crippen molar-refractivity contribution in [2.45, 2.75) is 19.8 Å². The summed E-state index contributed by atoms with van der Waals surface area (Å²) in [7, 11) is 0. The predicted molar refractivity (Wildman–Crippen MR) is 135 cm³/mol. The van der Waals surface area contributed by atoms with Crippen molar-refractivity contribution in [1.82, 2.24) is 10.7 Å².